The van der Waals surface area contributed by atoms with E-state index in [2.05, 4.69) is 10.4 Å². The minimum Gasteiger partial charge on any atom is -0.494 e. The van der Waals surface area contributed by atoms with Gasteiger partial charge in [0.05, 0.1) is 25.0 Å². The van der Waals surface area contributed by atoms with Gasteiger partial charge in [-0.25, -0.2) is 0 Å². The van der Waals surface area contributed by atoms with Gasteiger partial charge in [-0.15, -0.1) is 0 Å². The summed E-state index contributed by atoms with van der Waals surface area (Å²) in [4.78, 5) is 12.7. The number of halogens is 1. The van der Waals surface area contributed by atoms with Crippen LogP contribution in [0, 0.1) is 0 Å². The maximum Gasteiger partial charge on any atom is 0.255 e. The number of hydrogen-bond acceptors (Lipinski definition) is 4. The van der Waals surface area contributed by atoms with Crippen LogP contribution in [0.15, 0.2) is 85.2 Å². The molecule has 6 nitrogen and oxygen atoms in total. The van der Waals surface area contributed by atoms with Crippen LogP contribution < -0.4 is 14.8 Å². The smallest absolute Gasteiger partial charge is 0.255 e. The van der Waals surface area contributed by atoms with Gasteiger partial charge in [0, 0.05) is 16.8 Å². The Balaban J connectivity index is 1.33. The van der Waals surface area contributed by atoms with Crippen molar-refractivity contribution in [1.82, 2.24) is 9.78 Å². The highest BCUT2D eigenvalue weighted by molar-refractivity contribution is 6.30. The second-order valence-corrected chi connectivity index (χ2v) is 7.84. The van der Waals surface area contributed by atoms with E-state index in [0.717, 1.165) is 22.6 Å². The quantitative estimate of drug-likeness (QED) is 0.341. The molecule has 0 saturated carbocycles. The summed E-state index contributed by atoms with van der Waals surface area (Å²) in [5, 5.41) is 7.91. The van der Waals surface area contributed by atoms with Gasteiger partial charge in [-0.2, -0.15) is 5.10 Å². The number of carbonyl (C=O) groups is 1. The molecule has 0 aliphatic carbocycles. The number of nitrogens with zero attached hydrogens (tertiary/aromatic N) is 2. The minimum atomic E-state index is -0.205. The third-order valence-electron chi connectivity index (χ3n) is 4.88. The van der Waals surface area contributed by atoms with Gasteiger partial charge in [-0.3, -0.25) is 9.48 Å². The first kappa shape index (κ1) is 22.4. The van der Waals surface area contributed by atoms with E-state index in [9.17, 15) is 4.79 Å². The molecule has 0 radical (unpaired) electrons. The van der Waals surface area contributed by atoms with Crippen molar-refractivity contribution in [2.45, 2.75) is 20.1 Å². The molecule has 1 heterocycles. The Kier molecular flexibility index (Phi) is 7.27. The van der Waals surface area contributed by atoms with Gasteiger partial charge in [-0.05, 0) is 66.6 Å². The van der Waals surface area contributed by atoms with Crippen molar-refractivity contribution in [1.29, 1.82) is 0 Å². The molecule has 0 aliphatic heterocycles. The lowest BCUT2D eigenvalue weighted by atomic mass is 10.1. The summed E-state index contributed by atoms with van der Waals surface area (Å²) >= 11 is 5.93. The SMILES string of the molecule is CCOc1ccc(OCc2cccc(C(=O)Nc3cnn(Cc4ccc(Cl)cc4)c3)c2)cc1. The zero-order chi connectivity index (χ0) is 23.0. The molecule has 1 aromatic heterocycles. The zero-order valence-corrected chi connectivity index (χ0v) is 19.0. The molecule has 0 spiro atoms. The third-order valence-corrected chi connectivity index (χ3v) is 5.13. The first-order chi connectivity index (χ1) is 16.1. The Labute approximate surface area is 197 Å². The standard InChI is InChI=1S/C26H24ClN3O3/c1-2-32-24-10-12-25(13-11-24)33-18-20-4-3-5-21(14-20)26(31)29-23-15-28-30(17-23)16-19-6-8-22(27)9-7-19/h3-15,17H,2,16,18H2,1H3,(H,29,31). The molecule has 0 fully saturated rings. The van der Waals surface area contributed by atoms with Crippen LogP contribution >= 0.6 is 11.6 Å². The number of anilines is 1. The van der Waals surface area contributed by atoms with Gasteiger partial charge in [0.2, 0.25) is 0 Å². The molecule has 0 bridgehead atoms. The van der Waals surface area contributed by atoms with Crippen molar-refractivity contribution in [3.05, 3.63) is 107 Å². The van der Waals surface area contributed by atoms with Crippen molar-refractivity contribution in [3.8, 4) is 11.5 Å². The van der Waals surface area contributed by atoms with Gasteiger partial charge in [0.15, 0.2) is 0 Å². The van der Waals surface area contributed by atoms with E-state index in [4.69, 9.17) is 21.1 Å². The molecular weight excluding hydrogens is 438 g/mol. The van der Waals surface area contributed by atoms with E-state index in [1.165, 1.54) is 0 Å². The van der Waals surface area contributed by atoms with Crippen LogP contribution in [0.5, 0.6) is 11.5 Å². The second kappa shape index (κ2) is 10.7. The first-order valence-corrected chi connectivity index (χ1v) is 11.0. The number of rotatable bonds is 9. The van der Waals surface area contributed by atoms with Crippen molar-refractivity contribution in [2.24, 2.45) is 0 Å². The molecule has 0 atom stereocenters. The lowest BCUT2D eigenvalue weighted by Gasteiger charge is -2.09. The molecule has 33 heavy (non-hydrogen) atoms. The Morgan fingerprint density at radius 1 is 0.970 bits per heavy atom. The molecule has 0 unspecified atom stereocenters. The first-order valence-electron chi connectivity index (χ1n) is 10.6. The van der Waals surface area contributed by atoms with Gasteiger partial charge < -0.3 is 14.8 Å². The molecule has 168 valence electrons. The highest BCUT2D eigenvalue weighted by atomic mass is 35.5. The normalized spacial score (nSPS) is 10.6. The largest absolute Gasteiger partial charge is 0.494 e. The molecule has 0 aliphatic rings. The summed E-state index contributed by atoms with van der Waals surface area (Å²) in [6.07, 6.45) is 3.43. The van der Waals surface area contributed by atoms with Gasteiger partial charge >= 0.3 is 0 Å². The Hall–Kier alpha value is -3.77. The number of amides is 1. The Bertz CT molecular complexity index is 1200. The second-order valence-electron chi connectivity index (χ2n) is 7.40. The fourth-order valence-electron chi connectivity index (χ4n) is 3.26. The summed E-state index contributed by atoms with van der Waals surface area (Å²) in [7, 11) is 0. The predicted octanol–water partition coefficient (Wildman–Crippen LogP) is 5.81. The van der Waals surface area contributed by atoms with E-state index in [1.807, 2.05) is 73.7 Å². The molecule has 4 rings (SSSR count). The number of nitrogens with one attached hydrogen (secondary N) is 1. The number of carbonyl (C=O) groups excluding carboxylic acids is 1. The number of ether oxygens (including phenoxy) is 2. The van der Waals surface area contributed by atoms with Crippen molar-refractivity contribution < 1.29 is 14.3 Å². The monoisotopic (exact) mass is 461 g/mol. The van der Waals surface area contributed by atoms with Crippen LogP contribution in [0.3, 0.4) is 0 Å². The predicted molar refractivity (Wildman–Crippen MR) is 129 cm³/mol. The van der Waals surface area contributed by atoms with Crippen molar-refractivity contribution in [2.75, 3.05) is 11.9 Å². The Morgan fingerprint density at radius 2 is 1.70 bits per heavy atom. The van der Waals surface area contributed by atoms with E-state index in [1.54, 1.807) is 23.1 Å². The molecule has 4 aromatic rings. The van der Waals surface area contributed by atoms with E-state index < -0.39 is 0 Å². The summed E-state index contributed by atoms with van der Waals surface area (Å²) < 4.78 is 13.0. The highest BCUT2D eigenvalue weighted by Crippen LogP contribution is 2.19. The minimum absolute atomic E-state index is 0.205. The zero-order valence-electron chi connectivity index (χ0n) is 18.2. The topological polar surface area (TPSA) is 65.4 Å². The lowest BCUT2D eigenvalue weighted by Crippen LogP contribution is -2.12. The Morgan fingerprint density at radius 3 is 2.42 bits per heavy atom. The molecule has 1 amide bonds. The molecule has 0 saturated heterocycles. The fraction of sp³-hybridized carbons (Fsp3) is 0.154. The van der Waals surface area contributed by atoms with Crippen LogP contribution in [-0.2, 0) is 13.2 Å². The summed E-state index contributed by atoms with van der Waals surface area (Å²) in [6, 6.07) is 22.4. The highest BCUT2D eigenvalue weighted by Gasteiger charge is 2.09. The van der Waals surface area contributed by atoms with Crippen LogP contribution in [0.1, 0.15) is 28.4 Å². The van der Waals surface area contributed by atoms with Crippen molar-refractivity contribution in [3.63, 3.8) is 0 Å². The maximum absolute atomic E-state index is 12.7. The number of benzene rings is 3. The number of aromatic nitrogens is 2. The maximum atomic E-state index is 12.7. The van der Waals surface area contributed by atoms with E-state index in [-0.39, 0.29) is 5.91 Å². The van der Waals surface area contributed by atoms with Crippen LogP contribution in [0.2, 0.25) is 5.02 Å². The summed E-state index contributed by atoms with van der Waals surface area (Å²) in [5.74, 6) is 1.34. The van der Waals surface area contributed by atoms with Crippen molar-refractivity contribution >= 4 is 23.2 Å². The van der Waals surface area contributed by atoms with Crippen LogP contribution in [0.25, 0.3) is 0 Å². The molecule has 7 heteroatoms. The van der Waals surface area contributed by atoms with Crippen LogP contribution in [-0.4, -0.2) is 22.3 Å². The fourth-order valence-corrected chi connectivity index (χ4v) is 3.39. The molecule has 1 N–H and O–H groups in total. The summed E-state index contributed by atoms with van der Waals surface area (Å²) in [5.41, 5.74) is 3.15. The molecule has 3 aromatic carbocycles. The average Bonchev–Trinajstić information content (AvgIpc) is 3.27. The average molecular weight is 462 g/mol. The molecular formula is C26H24ClN3O3. The number of hydrogen-bond donors (Lipinski definition) is 1. The van der Waals surface area contributed by atoms with E-state index in [0.29, 0.717) is 36.0 Å². The lowest BCUT2D eigenvalue weighted by molar-refractivity contribution is 0.102. The third kappa shape index (κ3) is 6.37. The van der Waals surface area contributed by atoms with Gasteiger partial charge in [-0.1, -0.05) is 35.9 Å². The summed E-state index contributed by atoms with van der Waals surface area (Å²) in [6.45, 7) is 3.51. The van der Waals surface area contributed by atoms with Crippen LogP contribution in [0.4, 0.5) is 5.69 Å². The van der Waals surface area contributed by atoms with E-state index >= 15 is 0 Å². The van der Waals surface area contributed by atoms with Gasteiger partial charge in [0.1, 0.15) is 18.1 Å². The van der Waals surface area contributed by atoms with Gasteiger partial charge in [0.25, 0.3) is 5.91 Å².